The van der Waals surface area contributed by atoms with E-state index in [-0.39, 0.29) is 33.6 Å². The second-order valence-corrected chi connectivity index (χ2v) is 13.8. The molecule has 0 atom stereocenters. The van der Waals surface area contributed by atoms with Gasteiger partial charge in [-0.2, -0.15) is 10.5 Å². The summed E-state index contributed by atoms with van der Waals surface area (Å²) in [6, 6.07) is 56.1. The topological polar surface area (TPSA) is 81.2 Å². The third-order valence-corrected chi connectivity index (χ3v) is 10.00. The second-order valence-electron chi connectivity index (χ2n) is 13.8. The lowest BCUT2D eigenvalue weighted by Gasteiger charge is -2.25. The van der Waals surface area contributed by atoms with Gasteiger partial charge in [0.1, 0.15) is 11.5 Å². The minimum absolute atomic E-state index is 0.0139. The van der Waals surface area contributed by atoms with Gasteiger partial charge in [-0.05, 0) is 133 Å². The Morgan fingerprint density at radius 1 is 0.452 bits per heavy atom. The predicted octanol–water partition coefficient (Wildman–Crippen LogP) is 14.6. The van der Waals surface area contributed by atoms with E-state index < -0.39 is 0 Å². The van der Waals surface area contributed by atoms with Gasteiger partial charge in [0, 0.05) is 34.1 Å². The van der Waals surface area contributed by atoms with E-state index in [4.69, 9.17) is 22.6 Å². The molecule has 0 aliphatic rings. The van der Waals surface area contributed by atoms with Gasteiger partial charge in [0.05, 0.1) is 49.6 Å². The number of benzene rings is 7. The lowest BCUT2D eigenvalue weighted by molar-refractivity contribution is 0.340. The molecule has 8 nitrogen and oxygen atoms in total. The fraction of sp³-hybridized carbons (Fsp3) is 0.0741. The summed E-state index contributed by atoms with van der Waals surface area (Å²) in [5, 5.41) is 20.9. The van der Waals surface area contributed by atoms with Crippen LogP contribution in [0, 0.1) is 35.8 Å². The number of nitriles is 2. The lowest BCUT2D eigenvalue weighted by Crippen LogP contribution is -2.09. The molecule has 0 amide bonds. The van der Waals surface area contributed by atoms with Crippen LogP contribution in [0.4, 0.5) is 45.5 Å². The van der Waals surface area contributed by atoms with Gasteiger partial charge in [-0.1, -0.05) is 85.0 Å². The Balaban J connectivity index is 1.18. The van der Waals surface area contributed by atoms with Crippen molar-refractivity contribution < 1.29 is 9.47 Å². The van der Waals surface area contributed by atoms with Gasteiger partial charge in [0.2, 0.25) is 11.4 Å². The summed E-state index contributed by atoms with van der Waals surface area (Å²) in [5.41, 5.74) is 7.88. The van der Waals surface area contributed by atoms with E-state index in [2.05, 4.69) is 31.6 Å². The standard InChI is InChI=1S/C54H40N6O2/c1-5-61-47-31-27-45(28-32-47)59(41-13-9-7-10-14-41)43-23-17-39(18-24-43)21-35-49-51(37-55)53(57-3)50(54(58-4)52(49)38-56)36-22-40-19-25-44(26-20-40)60(42-15-11-8-12-16-42)46-29-33-48(34-30-46)62-6-2/h7-36H,5-6H2,1-2H3/b35-21+,36-22+. The molecule has 0 aromatic heterocycles. The van der Waals surface area contributed by atoms with Crippen LogP contribution in [0.5, 0.6) is 11.5 Å². The first-order valence-electron chi connectivity index (χ1n) is 20.0. The van der Waals surface area contributed by atoms with Crippen molar-refractivity contribution >= 4 is 69.8 Å². The van der Waals surface area contributed by atoms with E-state index in [1.807, 2.05) is 172 Å². The molecule has 8 heteroatoms. The van der Waals surface area contributed by atoms with Gasteiger partial charge in [-0.25, -0.2) is 9.69 Å². The van der Waals surface area contributed by atoms with Crippen molar-refractivity contribution in [3.8, 4) is 23.6 Å². The van der Waals surface area contributed by atoms with Crippen LogP contribution in [-0.2, 0) is 0 Å². The molecule has 0 unspecified atom stereocenters. The summed E-state index contributed by atoms with van der Waals surface area (Å²) >= 11 is 0. The number of anilines is 6. The van der Waals surface area contributed by atoms with Gasteiger partial charge in [-0.15, -0.1) is 0 Å². The maximum atomic E-state index is 10.4. The number of hydrogen-bond acceptors (Lipinski definition) is 6. The number of ether oxygens (including phenoxy) is 2. The van der Waals surface area contributed by atoms with Crippen LogP contribution in [0.15, 0.2) is 158 Å². The minimum Gasteiger partial charge on any atom is -0.494 e. The fourth-order valence-electron chi connectivity index (χ4n) is 7.14. The monoisotopic (exact) mass is 804 g/mol. The molecule has 0 bridgehead atoms. The summed E-state index contributed by atoms with van der Waals surface area (Å²) < 4.78 is 11.3. The Bertz CT molecular complexity index is 2620. The molecule has 7 aromatic rings. The average molecular weight is 805 g/mol. The Hall–Kier alpha value is -8.82. The Morgan fingerprint density at radius 2 is 0.774 bits per heavy atom. The average Bonchev–Trinajstić information content (AvgIpc) is 3.32. The molecule has 0 spiro atoms. The van der Waals surface area contributed by atoms with Gasteiger partial charge in [-0.3, -0.25) is 0 Å². The van der Waals surface area contributed by atoms with E-state index in [0.29, 0.717) is 13.2 Å². The number of hydrogen-bond donors (Lipinski definition) is 0. The van der Waals surface area contributed by atoms with Crippen LogP contribution >= 0.6 is 0 Å². The third-order valence-electron chi connectivity index (χ3n) is 10.00. The molecule has 0 saturated carbocycles. The predicted molar refractivity (Wildman–Crippen MR) is 251 cm³/mol. The van der Waals surface area contributed by atoms with Crippen molar-refractivity contribution in [3.63, 3.8) is 0 Å². The zero-order chi connectivity index (χ0) is 43.3. The molecule has 298 valence electrons. The Morgan fingerprint density at radius 3 is 1.10 bits per heavy atom. The van der Waals surface area contributed by atoms with Gasteiger partial charge >= 0.3 is 0 Å². The summed E-state index contributed by atoms with van der Waals surface area (Å²) in [6.45, 7) is 21.3. The van der Waals surface area contributed by atoms with Crippen molar-refractivity contribution in [1.82, 2.24) is 0 Å². The quantitative estimate of drug-likeness (QED) is 0.0804. The SMILES string of the molecule is [C-]#[N+]c1c(C#N)c(/C=C/c2ccc(N(c3ccccc3)c3ccc(OCC)cc3)cc2)c(C#N)c([N+]#[C-])c1/C=C/c1ccc(N(c2ccccc2)c2ccc(OCC)cc2)cc1. The molecule has 0 heterocycles. The van der Waals surface area contributed by atoms with Gasteiger partial charge in [0.15, 0.2) is 0 Å². The van der Waals surface area contributed by atoms with Crippen LogP contribution in [0.25, 0.3) is 34.0 Å². The molecule has 0 N–H and O–H groups in total. The van der Waals surface area contributed by atoms with Crippen molar-refractivity contribution in [1.29, 1.82) is 10.5 Å². The summed E-state index contributed by atoms with van der Waals surface area (Å²) in [7, 11) is 0. The first-order chi connectivity index (χ1) is 30.5. The van der Waals surface area contributed by atoms with Crippen molar-refractivity contribution in [2.45, 2.75) is 13.8 Å². The number of nitrogens with zero attached hydrogens (tertiary/aromatic N) is 6. The molecule has 0 aliphatic heterocycles. The van der Waals surface area contributed by atoms with Crippen molar-refractivity contribution in [2.24, 2.45) is 0 Å². The van der Waals surface area contributed by atoms with Crippen molar-refractivity contribution in [3.05, 3.63) is 214 Å². The highest BCUT2D eigenvalue weighted by Crippen LogP contribution is 2.42. The van der Waals surface area contributed by atoms with Crippen LogP contribution in [0.2, 0.25) is 0 Å². The van der Waals surface area contributed by atoms with E-state index in [9.17, 15) is 10.5 Å². The minimum atomic E-state index is 0.0139. The molecule has 7 aromatic carbocycles. The van der Waals surface area contributed by atoms with Gasteiger partial charge < -0.3 is 19.3 Å². The molecule has 0 aliphatic carbocycles. The van der Waals surface area contributed by atoms with E-state index in [1.165, 1.54) is 0 Å². The molecule has 0 saturated heterocycles. The second kappa shape index (κ2) is 19.8. The maximum Gasteiger partial charge on any atom is 0.202 e. The molecular weight excluding hydrogens is 765 g/mol. The highest BCUT2D eigenvalue weighted by atomic mass is 16.5. The van der Waals surface area contributed by atoms with Gasteiger partial charge in [0.25, 0.3) is 0 Å². The molecule has 0 radical (unpaired) electrons. The number of rotatable bonds is 14. The molecule has 62 heavy (non-hydrogen) atoms. The lowest BCUT2D eigenvalue weighted by atomic mass is 9.92. The van der Waals surface area contributed by atoms with E-state index >= 15 is 0 Å². The molecular formula is C54H40N6O2. The van der Waals surface area contributed by atoms with E-state index in [0.717, 1.165) is 56.8 Å². The maximum absolute atomic E-state index is 10.4. The summed E-state index contributed by atoms with van der Waals surface area (Å²) in [4.78, 5) is 11.8. The fourth-order valence-corrected chi connectivity index (χ4v) is 7.14. The van der Waals surface area contributed by atoms with Crippen LogP contribution in [0.3, 0.4) is 0 Å². The zero-order valence-corrected chi connectivity index (χ0v) is 34.2. The van der Waals surface area contributed by atoms with E-state index in [1.54, 1.807) is 24.3 Å². The van der Waals surface area contributed by atoms with Crippen molar-refractivity contribution in [2.75, 3.05) is 23.0 Å². The smallest absolute Gasteiger partial charge is 0.202 e. The highest BCUT2D eigenvalue weighted by Gasteiger charge is 2.22. The molecule has 7 rings (SSSR count). The summed E-state index contributed by atoms with van der Waals surface area (Å²) in [5.74, 6) is 1.59. The Labute approximate surface area is 363 Å². The third kappa shape index (κ3) is 9.07. The first-order valence-corrected chi connectivity index (χ1v) is 20.0. The first kappa shape index (κ1) is 41.3. The van der Waals surface area contributed by atoms with Crippen LogP contribution in [0.1, 0.15) is 47.2 Å². The number of para-hydroxylation sites is 2. The largest absolute Gasteiger partial charge is 0.494 e. The normalized spacial score (nSPS) is 10.7. The highest BCUT2D eigenvalue weighted by molar-refractivity contribution is 5.96. The molecule has 0 fully saturated rings. The summed E-state index contributed by atoms with van der Waals surface area (Å²) in [6.07, 6.45) is 6.87. The Kier molecular flexibility index (Phi) is 13.2. The van der Waals surface area contributed by atoms with Crippen LogP contribution in [-0.4, -0.2) is 13.2 Å². The zero-order valence-electron chi connectivity index (χ0n) is 34.2. The van der Waals surface area contributed by atoms with Crippen LogP contribution < -0.4 is 19.3 Å².